The van der Waals surface area contributed by atoms with E-state index in [1.807, 2.05) is 0 Å². The van der Waals surface area contributed by atoms with Crippen LogP contribution < -0.4 is 0 Å². The molecule has 2 aromatic carbocycles. The monoisotopic (exact) mass is 316 g/mol. The molecule has 0 amide bonds. The molecular formula is C16H13FN2O4. The van der Waals surface area contributed by atoms with Crippen molar-refractivity contribution in [1.29, 1.82) is 0 Å². The molecule has 0 aliphatic heterocycles. The first-order chi connectivity index (χ1) is 11.0. The van der Waals surface area contributed by atoms with E-state index in [9.17, 15) is 14.3 Å². The van der Waals surface area contributed by atoms with E-state index in [1.54, 1.807) is 0 Å². The van der Waals surface area contributed by atoms with Gasteiger partial charge in [0.15, 0.2) is 0 Å². The molecule has 0 radical (unpaired) electrons. The minimum atomic E-state index is -0.674. The predicted molar refractivity (Wildman–Crippen MR) is 82.7 cm³/mol. The highest BCUT2D eigenvalue weighted by Crippen LogP contribution is 2.18. The molecule has 7 heteroatoms. The van der Waals surface area contributed by atoms with Gasteiger partial charge in [-0.15, -0.1) is 0 Å². The van der Waals surface area contributed by atoms with Crippen molar-refractivity contribution < 1.29 is 24.1 Å². The molecule has 0 aliphatic rings. The maximum absolute atomic E-state index is 13.4. The van der Waals surface area contributed by atoms with Gasteiger partial charge in [0.25, 0.3) is 0 Å². The molecule has 23 heavy (non-hydrogen) atoms. The Morgan fingerprint density at radius 1 is 1.13 bits per heavy atom. The summed E-state index contributed by atoms with van der Waals surface area (Å²) in [5.41, 5.74) is 0.678. The second-order valence-corrected chi connectivity index (χ2v) is 4.46. The van der Waals surface area contributed by atoms with Crippen LogP contribution >= 0.6 is 0 Å². The summed E-state index contributed by atoms with van der Waals surface area (Å²) in [6.45, 7) is 0. The zero-order valence-electron chi connectivity index (χ0n) is 12.1. The molecule has 0 fully saturated rings. The van der Waals surface area contributed by atoms with Crippen molar-refractivity contribution in [3.8, 4) is 11.5 Å². The number of rotatable bonds is 4. The molecule has 2 N–H and O–H groups in total. The van der Waals surface area contributed by atoms with Gasteiger partial charge in [0, 0.05) is 11.6 Å². The average molecular weight is 316 g/mol. The summed E-state index contributed by atoms with van der Waals surface area (Å²) in [6.07, 6.45) is 2.52. The lowest BCUT2D eigenvalue weighted by atomic mass is 10.1. The van der Waals surface area contributed by atoms with Gasteiger partial charge in [0.05, 0.1) is 19.5 Å². The van der Waals surface area contributed by atoms with Crippen LogP contribution in [-0.4, -0.2) is 35.7 Å². The number of halogens is 1. The highest BCUT2D eigenvalue weighted by molar-refractivity contribution is 5.95. The SMILES string of the molecule is COC(=O)c1cc(/C=N/N=C/c2ccc(O)cc2F)ccc1O. The summed E-state index contributed by atoms with van der Waals surface area (Å²) in [4.78, 5) is 11.4. The number of hydrogen-bond donors (Lipinski definition) is 2. The number of phenolic OH excluding ortho intramolecular Hbond substituents is 2. The van der Waals surface area contributed by atoms with Crippen molar-refractivity contribution in [3.63, 3.8) is 0 Å². The zero-order valence-corrected chi connectivity index (χ0v) is 12.1. The van der Waals surface area contributed by atoms with Gasteiger partial charge in [-0.3, -0.25) is 0 Å². The molecule has 0 saturated carbocycles. The summed E-state index contributed by atoms with van der Waals surface area (Å²) < 4.78 is 18.0. The normalized spacial score (nSPS) is 11.2. The first-order valence-corrected chi connectivity index (χ1v) is 6.47. The number of aromatic hydroxyl groups is 2. The van der Waals surface area contributed by atoms with Gasteiger partial charge >= 0.3 is 5.97 Å². The number of methoxy groups -OCH3 is 1. The van der Waals surface area contributed by atoms with E-state index in [4.69, 9.17) is 5.11 Å². The lowest BCUT2D eigenvalue weighted by Crippen LogP contribution is -2.02. The topological polar surface area (TPSA) is 91.5 Å². The molecule has 2 aromatic rings. The van der Waals surface area contributed by atoms with E-state index < -0.39 is 11.8 Å². The lowest BCUT2D eigenvalue weighted by molar-refractivity contribution is 0.0597. The lowest BCUT2D eigenvalue weighted by Gasteiger charge is -2.02. The van der Waals surface area contributed by atoms with Crippen LogP contribution in [-0.2, 0) is 4.74 Å². The minimum Gasteiger partial charge on any atom is -0.508 e. The number of hydrogen-bond acceptors (Lipinski definition) is 6. The highest BCUT2D eigenvalue weighted by atomic mass is 19.1. The maximum atomic E-state index is 13.4. The van der Waals surface area contributed by atoms with Gasteiger partial charge in [0.2, 0.25) is 0 Å². The largest absolute Gasteiger partial charge is 0.508 e. The van der Waals surface area contributed by atoms with Crippen LogP contribution in [0.15, 0.2) is 46.6 Å². The fourth-order valence-electron chi connectivity index (χ4n) is 1.72. The van der Waals surface area contributed by atoms with Gasteiger partial charge in [-0.1, -0.05) is 0 Å². The number of esters is 1. The third kappa shape index (κ3) is 4.13. The number of benzene rings is 2. The molecule has 6 nitrogen and oxygen atoms in total. The highest BCUT2D eigenvalue weighted by Gasteiger charge is 2.11. The minimum absolute atomic E-state index is 0.00464. The fourth-order valence-corrected chi connectivity index (χ4v) is 1.72. The Kier molecular flexibility index (Phi) is 5.03. The van der Waals surface area contributed by atoms with E-state index in [1.165, 1.54) is 49.9 Å². The molecule has 2 rings (SSSR count). The maximum Gasteiger partial charge on any atom is 0.341 e. The predicted octanol–water partition coefficient (Wildman–Crippen LogP) is 2.48. The Balaban J connectivity index is 2.14. The van der Waals surface area contributed by atoms with Crippen LogP contribution in [0.3, 0.4) is 0 Å². The molecule has 0 bridgehead atoms. The number of carbonyl (C=O) groups is 1. The van der Waals surface area contributed by atoms with Gasteiger partial charge in [0.1, 0.15) is 22.9 Å². The van der Waals surface area contributed by atoms with Crippen molar-refractivity contribution in [1.82, 2.24) is 0 Å². The first-order valence-electron chi connectivity index (χ1n) is 6.47. The summed E-state index contributed by atoms with van der Waals surface area (Å²) in [7, 11) is 1.21. The van der Waals surface area contributed by atoms with E-state index >= 15 is 0 Å². The number of nitrogens with zero attached hydrogens (tertiary/aromatic N) is 2. The molecule has 0 atom stereocenters. The van der Waals surface area contributed by atoms with Crippen LogP contribution in [0.25, 0.3) is 0 Å². The van der Waals surface area contributed by atoms with E-state index in [0.717, 1.165) is 6.07 Å². The van der Waals surface area contributed by atoms with Gasteiger partial charge in [-0.2, -0.15) is 10.2 Å². The van der Waals surface area contributed by atoms with Gasteiger partial charge in [-0.25, -0.2) is 9.18 Å². The van der Waals surface area contributed by atoms with Crippen LogP contribution in [0.1, 0.15) is 21.5 Å². The Bertz CT molecular complexity index is 788. The second kappa shape index (κ2) is 7.17. The molecular weight excluding hydrogens is 303 g/mol. The Hall–Kier alpha value is -3.22. The third-order valence-corrected chi connectivity index (χ3v) is 2.88. The summed E-state index contributed by atoms with van der Waals surface area (Å²) in [5.74, 6) is -1.68. The van der Waals surface area contributed by atoms with E-state index in [0.29, 0.717) is 5.56 Å². The molecule has 0 aromatic heterocycles. The molecule has 118 valence electrons. The van der Waals surface area contributed by atoms with Crippen molar-refractivity contribution in [3.05, 3.63) is 58.9 Å². The molecule has 0 spiro atoms. The van der Waals surface area contributed by atoms with Gasteiger partial charge in [-0.05, 0) is 35.9 Å². The summed E-state index contributed by atoms with van der Waals surface area (Å²) in [6, 6.07) is 7.91. The molecule has 0 aliphatic carbocycles. The van der Waals surface area contributed by atoms with Crippen LogP contribution in [0.5, 0.6) is 11.5 Å². The Morgan fingerprint density at radius 3 is 2.57 bits per heavy atom. The standard InChI is InChI=1S/C16H13FN2O4/c1-23-16(22)13-6-10(2-5-15(13)21)8-18-19-9-11-3-4-12(20)7-14(11)17/h2-9,20-21H,1H3/b18-8+,19-9+. The number of ether oxygens (including phenoxy) is 1. The molecule has 0 heterocycles. The van der Waals surface area contributed by atoms with Crippen molar-refractivity contribution in [2.75, 3.05) is 7.11 Å². The second-order valence-electron chi connectivity index (χ2n) is 4.46. The molecule has 0 unspecified atom stereocenters. The van der Waals surface area contributed by atoms with Gasteiger partial charge < -0.3 is 14.9 Å². The summed E-state index contributed by atoms with van der Waals surface area (Å²) in [5, 5.41) is 26.1. The van der Waals surface area contributed by atoms with Crippen LogP contribution in [0.4, 0.5) is 4.39 Å². The van der Waals surface area contributed by atoms with E-state index in [2.05, 4.69) is 14.9 Å². The quantitative estimate of drug-likeness (QED) is 0.515. The van der Waals surface area contributed by atoms with Crippen LogP contribution in [0, 0.1) is 5.82 Å². The smallest absolute Gasteiger partial charge is 0.341 e. The van der Waals surface area contributed by atoms with Crippen molar-refractivity contribution >= 4 is 18.4 Å². The van der Waals surface area contributed by atoms with Crippen molar-refractivity contribution in [2.45, 2.75) is 0 Å². The number of carbonyl (C=O) groups excluding carboxylic acids is 1. The molecule has 0 saturated heterocycles. The van der Waals surface area contributed by atoms with E-state index in [-0.39, 0.29) is 22.6 Å². The van der Waals surface area contributed by atoms with Crippen molar-refractivity contribution in [2.24, 2.45) is 10.2 Å². The Labute approximate surface area is 131 Å². The fraction of sp³-hybridized carbons (Fsp3) is 0.0625. The first kappa shape index (κ1) is 16.2. The number of phenols is 2. The third-order valence-electron chi connectivity index (χ3n) is 2.88. The summed E-state index contributed by atoms with van der Waals surface area (Å²) >= 11 is 0. The average Bonchev–Trinajstić information content (AvgIpc) is 2.54. The van der Waals surface area contributed by atoms with Crippen LogP contribution in [0.2, 0.25) is 0 Å². The Morgan fingerprint density at radius 2 is 1.87 bits per heavy atom. The zero-order chi connectivity index (χ0) is 16.8.